The highest BCUT2D eigenvalue weighted by Gasteiger charge is 2.16. The van der Waals surface area contributed by atoms with Gasteiger partial charge in [0.2, 0.25) is 0 Å². The van der Waals surface area contributed by atoms with Crippen LogP contribution < -0.4 is 15.4 Å². The molecule has 1 atom stereocenters. The summed E-state index contributed by atoms with van der Waals surface area (Å²) in [6, 6.07) is 18.8. The monoisotopic (exact) mass is 410 g/mol. The van der Waals surface area contributed by atoms with Crippen molar-refractivity contribution >= 4 is 17.5 Å². The molecule has 0 bridgehead atoms. The summed E-state index contributed by atoms with van der Waals surface area (Å²) >= 11 is 0. The average molecular weight is 410 g/mol. The Labute approximate surface area is 172 Å². The van der Waals surface area contributed by atoms with Crippen molar-refractivity contribution in [3.63, 3.8) is 0 Å². The lowest BCUT2D eigenvalue weighted by molar-refractivity contribution is -0.118. The highest BCUT2D eigenvalue weighted by atomic mass is 19.2. The Balaban J connectivity index is 1.63. The number of anilines is 1. The number of carbonyl (C=O) groups excluding carboxylic acids is 2. The summed E-state index contributed by atoms with van der Waals surface area (Å²) in [5.74, 6) is -2.94. The fourth-order valence-corrected chi connectivity index (χ4v) is 2.79. The van der Waals surface area contributed by atoms with Crippen LogP contribution in [0, 0.1) is 11.6 Å². The van der Waals surface area contributed by atoms with E-state index in [1.165, 1.54) is 6.07 Å². The van der Waals surface area contributed by atoms with E-state index in [-0.39, 0.29) is 17.7 Å². The predicted molar refractivity (Wildman–Crippen MR) is 109 cm³/mol. The molecule has 3 aromatic rings. The minimum atomic E-state index is -1.07. The maximum absolute atomic E-state index is 13.2. The molecule has 2 N–H and O–H groups in total. The second-order valence-electron chi connectivity index (χ2n) is 6.56. The summed E-state index contributed by atoms with van der Waals surface area (Å²) in [5, 5.41) is 5.50. The van der Waals surface area contributed by atoms with Gasteiger partial charge in [-0.25, -0.2) is 8.78 Å². The number of para-hydroxylation sites is 1. The Morgan fingerprint density at radius 1 is 0.933 bits per heavy atom. The molecule has 3 aromatic carbocycles. The first-order chi connectivity index (χ1) is 14.4. The van der Waals surface area contributed by atoms with Crippen LogP contribution in [0.1, 0.15) is 28.9 Å². The van der Waals surface area contributed by atoms with Crippen molar-refractivity contribution in [2.75, 3.05) is 11.9 Å². The van der Waals surface area contributed by atoms with Crippen LogP contribution >= 0.6 is 0 Å². The van der Waals surface area contributed by atoms with Gasteiger partial charge in [-0.15, -0.1) is 0 Å². The lowest BCUT2D eigenvalue weighted by atomic mass is 10.1. The second-order valence-corrected chi connectivity index (χ2v) is 6.56. The van der Waals surface area contributed by atoms with Gasteiger partial charge in [-0.05, 0) is 36.8 Å². The van der Waals surface area contributed by atoms with Gasteiger partial charge in [0, 0.05) is 6.07 Å². The van der Waals surface area contributed by atoms with Crippen LogP contribution in [-0.4, -0.2) is 18.4 Å². The van der Waals surface area contributed by atoms with Crippen molar-refractivity contribution in [2.24, 2.45) is 0 Å². The molecule has 0 fully saturated rings. The molecule has 5 nitrogen and oxygen atoms in total. The summed E-state index contributed by atoms with van der Waals surface area (Å²) in [4.78, 5) is 24.9. The van der Waals surface area contributed by atoms with E-state index in [0.29, 0.717) is 11.3 Å². The van der Waals surface area contributed by atoms with Gasteiger partial charge in [0.25, 0.3) is 11.8 Å². The van der Waals surface area contributed by atoms with Crippen molar-refractivity contribution in [1.29, 1.82) is 0 Å². The second kappa shape index (κ2) is 9.65. The third-order valence-corrected chi connectivity index (χ3v) is 4.35. The molecule has 0 aliphatic heterocycles. The van der Waals surface area contributed by atoms with Crippen LogP contribution in [0.2, 0.25) is 0 Å². The Morgan fingerprint density at radius 3 is 2.37 bits per heavy atom. The molecule has 2 amide bonds. The van der Waals surface area contributed by atoms with Gasteiger partial charge < -0.3 is 15.4 Å². The normalized spacial score (nSPS) is 11.4. The molecule has 30 heavy (non-hydrogen) atoms. The SMILES string of the molecule is CC(NC(=O)c1ccccc1NC(=O)COc1ccc(F)c(F)c1)c1ccccc1. The van der Waals surface area contributed by atoms with Gasteiger partial charge in [0.15, 0.2) is 18.2 Å². The van der Waals surface area contributed by atoms with Gasteiger partial charge in [-0.1, -0.05) is 42.5 Å². The summed E-state index contributed by atoms with van der Waals surface area (Å²) in [6.45, 7) is 1.44. The lowest BCUT2D eigenvalue weighted by Crippen LogP contribution is -2.28. The number of benzene rings is 3. The number of rotatable bonds is 7. The molecule has 0 aliphatic carbocycles. The van der Waals surface area contributed by atoms with Crippen LogP contribution in [0.3, 0.4) is 0 Å². The first-order valence-corrected chi connectivity index (χ1v) is 9.26. The van der Waals surface area contributed by atoms with Gasteiger partial charge >= 0.3 is 0 Å². The van der Waals surface area contributed by atoms with Crippen molar-refractivity contribution in [2.45, 2.75) is 13.0 Å². The van der Waals surface area contributed by atoms with Crippen LogP contribution in [-0.2, 0) is 4.79 Å². The van der Waals surface area contributed by atoms with E-state index in [2.05, 4.69) is 10.6 Å². The molecule has 7 heteroatoms. The number of halogens is 2. The number of carbonyl (C=O) groups is 2. The fraction of sp³-hybridized carbons (Fsp3) is 0.130. The summed E-state index contributed by atoms with van der Waals surface area (Å²) in [5.41, 5.74) is 1.56. The van der Waals surface area contributed by atoms with Crippen LogP contribution in [0.5, 0.6) is 5.75 Å². The molecule has 0 saturated heterocycles. The van der Waals surface area contributed by atoms with E-state index in [9.17, 15) is 18.4 Å². The predicted octanol–water partition coefficient (Wildman–Crippen LogP) is 4.47. The van der Waals surface area contributed by atoms with Gasteiger partial charge in [-0.2, -0.15) is 0 Å². The zero-order valence-electron chi connectivity index (χ0n) is 16.2. The molecule has 0 aliphatic rings. The zero-order valence-corrected chi connectivity index (χ0v) is 16.2. The van der Waals surface area contributed by atoms with E-state index in [0.717, 1.165) is 17.7 Å². The summed E-state index contributed by atoms with van der Waals surface area (Å²) in [6.07, 6.45) is 0. The van der Waals surface area contributed by atoms with E-state index in [1.54, 1.807) is 24.3 Å². The number of hydrogen-bond acceptors (Lipinski definition) is 3. The van der Waals surface area contributed by atoms with Crippen molar-refractivity contribution in [3.8, 4) is 5.75 Å². The van der Waals surface area contributed by atoms with Gasteiger partial charge in [0.05, 0.1) is 17.3 Å². The van der Waals surface area contributed by atoms with Gasteiger partial charge in [-0.3, -0.25) is 9.59 Å². The van der Waals surface area contributed by atoms with Crippen LogP contribution in [0.15, 0.2) is 72.8 Å². The quantitative estimate of drug-likeness (QED) is 0.604. The van der Waals surface area contributed by atoms with Crippen LogP contribution in [0.25, 0.3) is 0 Å². The number of ether oxygens (including phenoxy) is 1. The summed E-state index contributed by atoms with van der Waals surface area (Å²) < 4.78 is 31.4. The molecular weight excluding hydrogens is 390 g/mol. The van der Waals surface area contributed by atoms with E-state index in [4.69, 9.17) is 4.74 Å². The minimum absolute atomic E-state index is 0.0202. The largest absolute Gasteiger partial charge is 0.484 e. The molecule has 0 spiro atoms. The Kier molecular flexibility index (Phi) is 6.75. The van der Waals surface area contributed by atoms with E-state index < -0.39 is 24.1 Å². The minimum Gasteiger partial charge on any atom is -0.484 e. The molecule has 0 radical (unpaired) electrons. The van der Waals surface area contributed by atoms with Crippen LogP contribution in [0.4, 0.5) is 14.5 Å². The molecule has 0 saturated carbocycles. The average Bonchev–Trinajstić information content (AvgIpc) is 2.75. The molecule has 3 rings (SSSR count). The zero-order chi connectivity index (χ0) is 21.5. The topological polar surface area (TPSA) is 67.4 Å². The van der Waals surface area contributed by atoms with Crippen molar-refractivity contribution < 1.29 is 23.1 Å². The first kappa shape index (κ1) is 21.0. The smallest absolute Gasteiger partial charge is 0.262 e. The Morgan fingerprint density at radius 2 is 1.63 bits per heavy atom. The number of nitrogens with one attached hydrogen (secondary N) is 2. The van der Waals surface area contributed by atoms with Crippen molar-refractivity contribution in [1.82, 2.24) is 5.32 Å². The Hall–Kier alpha value is -3.74. The summed E-state index contributed by atoms with van der Waals surface area (Å²) in [7, 11) is 0. The standard InChI is InChI=1S/C23H20F2N2O3/c1-15(16-7-3-2-4-8-16)26-23(29)18-9-5-6-10-21(18)27-22(28)14-30-17-11-12-19(24)20(25)13-17/h2-13,15H,14H2,1H3,(H,26,29)(H,27,28). The number of amides is 2. The third kappa shape index (κ3) is 5.41. The van der Waals surface area contributed by atoms with E-state index >= 15 is 0 Å². The maximum atomic E-state index is 13.2. The van der Waals surface area contributed by atoms with Gasteiger partial charge in [0.1, 0.15) is 5.75 Å². The van der Waals surface area contributed by atoms with Crippen molar-refractivity contribution in [3.05, 3.63) is 95.6 Å². The molecular formula is C23H20F2N2O3. The number of hydrogen-bond donors (Lipinski definition) is 2. The molecule has 0 heterocycles. The lowest BCUT2D eigenvalue weighted by Gasteiger charge is -2.16. The maximum Gasteiger partial charge on any atom is 0.262 e. The molecule has 0 aromatic heterocycles. The molecule has 1 unspecified atom stereocenters. The highest BCUT2D eigenvalue weighted by Crippen LogP contribution is 2.19. The van der Waals surface area contributed by atoms with E-state index in [1.807, 2.05) is 37.3 Å². The Bertz CT molecular complexity index is 1040. The molecule has 154 valence electrons. The first-order valence-electron chi connectivity index (χ1n) is 9.26. The highest BCUT2D eigenvalue weighted by molar-refractivity contribution is 6.04. The fourth-order valence-electron chi connectivity index (χ4n) is 2.79. The third-order valence-electron chi connectivity index (χ3n) is 4.35.